The summed E-state index contributed by atoms with van der Waals surface area (Å²) in [4.78, 5) is 11.6. The van der Waals surface area contributed by atoms with E-state index in [0.717, 1.165) is 18.1 Å². The maximum atomic E-state index is 11.6. The molecule has 6 nitrogen and oxygen atoms in total. The van der Waals surface area contributed by atoms with E-state index in [1.807, 2.05) is 11.8 Å². The number of halogens is 1. The number of nitrogens with one attached hydrogen (secondary N) is 3. The summed E-state index contributed by atoms with van der Waals surface area (Å²) in [6, 6.07) is 0.261. The van der Waals surface area contributed by atoms with Crippen molar-refractivity contribution >= 4 is 40.1 Å². The monoisotopic (exact) mass is 345 g/mol. The van der Waals surface area contributed by atoms with Crippen molar-refractivity contribution in [2.75, 3.05) is 36.9 Å². The van der Waals surface area contributed by atoms with Crippen LogP contribution in [0, 0.1) is 0 Å². The number of hydrogen-bond donors (Lipinski definition) is 3. The third-order valence-electron chi connectivity index (χ3n) is 2.81. The Balaban J connectivity index is 0.00000361. The summed E-state index contributed by atoms with van der Waals surface area (Å²) in [6.07, 6.45) is 1.10. The maximum absolute atomic E-state index is 11.6. The summed E-state index contributed by atoms with van der Waals surface area (Å²) < 4.78 is 24.8. The Labute approximate surface area is 131 Å². The molecule has 0 aliphatic carbocycles. The van der Waals surface area contributed by atoms with Gasteiger partial charge in [-0.05, 0) is 13.3 Å². The highest BCUT2D eigenvalue weighted by Gasteiger charge is 2.16. The van der Waals surface area contributed by atoms with Crippen LogP contribution >= 0.6 is 24.2 Å². The van der Waals surface area contributed by atoms with Gasteiger partial charge < -0.3 is 10.6 Å². The number of thioether (sulfide) groups is 1. The molecule has 0 radical (unpaired) electrons. The van der Waals surface area contributed by atoms with Gasteiger partial charge in [0.2, 0.25) is 15.9 Å². The van der Waals surface area contributed by atoms with E-state index in [1.54, 1.807) is 6.92 Å². The van der Waals surface area contributed by atoms with Crippen molar-refractivity contribution in [3.63, 3.8) is 0 Å². The molecule has 120 valence electrons. The second-order valence-electron chi connectivity index (χ2n) is 4.43. The number of carbonyl (C=O) groups is 1. The topological polar surface area (TPSA) is 87.3 Å². The van der Waals surface area contributed by atoms with Gasteiger partial charge in [-0.15, -0.1) is 12.4 Å². The molecule has 3 N–H and O–H groups in total. The summed E-state index contributed by atoms with van der Waals surface area (Å²) in [5.74, 6) is 2.20. The first-order chi connectivity index (χ1) is 9.03. The number of sulfonamides is 1. The van der Waals surface area contributed by atoms with Gasteiger partial charge in [-0.3, -0.25) is 4.79 Å². The predicted molar refractivity (Wildman–Crippen MR) is 86.1 cm³/mol. The van der Waals surface area contributed by atoms with Crippen LogP contribution in [0.3, 0.4) is 0 Å². The molecule has 1 heterocycles. The highest BCUT2D eigenvalue weighted by Crippen LogP contribution is 2.09. The lowest BCUT2D eigenvalue weighted by Gasteiger charge is -2.22. The molecule has 1 atom stereocenters. The lowest BCUT2D eigenvalue weighted by Crippen LogP contribution is -2.41. The minimum Gasteiger partial charge on any atom is -0.356 e. The molecule has 9 heteroatoms. The fourth-order valence-corrected chi connectivity index (χ4v) is 3.30. The highest BCUT2D eigenvalue weighted by molar-refractivity contribution is 7.99. The quantitative estimate of drug-likeness (QED) is 0.537. The lowest BCUT2D eigenvalue weighted by molar-refractivity contribution is -0.121. The summed E-state index contributed by atoms with van der Waals surface area (Å²) in [6.45, 7) is 3.43. The van der Waals surface area contributed by atoms with E-state index in [-0.39, 0.29) is 30.1 Å². The fourth-order valence-electron chi connectivity index (χ4n) is 1.69. The van der Waals surface area contributed by atoms with Gasteiger partial charge in [0.1, 0.15) is 0 Å². The smallest absolute Gasteiger partial charge is 0.221 e. The third kappa shape index (κ3) is 9.02. The first kappa shape index (κ1) is 20.0. The van der Waals surface area contributed by atoms with Gasteiger partial charge in [0.25, 0.3) is 0 Å². The Morgan fingerprint density at radius 1 is 1.40 bits per heavy atom. The van der Waals surface area contributed by atoms with Crippen LogP contribution in [0.4, 0.5) is 0 Å². The van der Waals surface area contributed by atoms with E-state index in [0.29, 0.717) is 25.9 Å². The second kappa shape index (κ2) is 10.7. The van der Waals surface area contributed by atoms with Gasteiger partial charge >= 0.3 is 0 Å². The average molecular weight is 346 g/mol. The van der Waals surface area contributed by atoms with Gasteiger partial charge in [0.15, 0.2) is 0 Å². The van der Waals surface area contributed by atoms with E-state index in [9.17, 15) is 13.2 Å². The fraction of sp³-hybridized carbons (Fsp3) is 0.909. The standard InChI is InChI=1S/C11H23N3O3S2.ClH/c1-2-19(16,17)14-5-3-4-13-11(15)8-10-9-18-7-6-12-10;/h10,12,14H,2-9H2,1H3,(H,13,15);1H. The van der Waals surface area contributed by atoms with E-state index in [1.165, 1.54) is 0 Å². The summed E-state index contributed by atoms with van der Waals surface area (Å²) in [5.41, 5.74) is 0. The highest BCUT2D eigenvalue weighted by atomic mass is 35.5. The molecule has 1 amide bonds. The molecule has 0 saturated carbocycles. The summed E-state index contributed by atoms with van der Waals surface area (Å²) in [7, 11) is -3.12. The van der Waals surface area contributed by atoms with Crippen LogP contribution in [0.25, 0.3) is 0 Å². The molecular formula is C11H24ClN3O3S2. The number of hydrogen-bond acceptors (Lipinski definition) is 5. The SMILES string of the molecule is CCS(=O)(=O)NCCCNC(=O)CC1CSCCN1.Cl. The molecule has 1 rings (SSSR count). The average Bonchev–Trinajstić information content (AvgIpc) is 2.39. The number of carbonyl (C=O) groups excluding carboxylic acids is 1. The van der Waals surface area contributed by atoms with Crippen LogP contribution in [0.5, 0.6) is 0 Å². The molecule has 1 fully saturated rings. The summed E-state index contributed by atoms with van der Waals surface area (Å²) in [5, 5.41) is 6.12. The molecule has 1 saturated heterocycles. The van der Waals surface area contributed by atoms with Gasteiger partial charge in [0, 0.05) is 43.6 Å². The summed E-state index contributed by atoms with van der Waals surface area (Å²) >= 11 is 1.86. The number of rotatable bonds is 8. The second-order valence-corrected chi connectivity index (χ2v) is 7.68. The molecule has 0 aromatic heterocycles. The van der Waals surface area contributed by atoms with E-state index in [4.69, 9.17) is 0 Å². The molecule has 0 aromatic rings. The van der Waals surface area contributed by atoms with E-state index < -0.39 is 10.0 Å². The largest absolute Gasteiger partial charge is 0.356 e. The molecule has 1 aliphatic rings. The molecule has 0 aromatic carbocycles. The zero-order valence-corrected chi connectivity index (χ0v) is 14.1. The third-order valence-corrected chi connectivity index (χ3v) is 5.34. The van der Waals surface area contributed by atoms with Crippen LogP contribution in [0.2, 0.25) is 0 Å². The Hall–Kier alpha value is -0.0200. The van der Waals surface area contributed by atoms with Gasteiger partial charge in [0.05, 0.1) is 5.75 Å². The Morgan fingerprint density at radius 3 is 2.75 bits per heavy atom. The van der Waals surface area contributed by atoms with Crippen molar-refractivity contribution in [1.82, 2.24) is 15.4 Å². The van der Waals surface area contributed by atoms with Crippen molar-refractivity contribution in [1.29, 1.82) is 0 Å². The van der Waals surface area contributed by atoms with Crippen molar-refractivity contribution in [2.24, 2.45) is 0 Å². The van der Waals surface area contributed by atoms with Crippen molar-refractivity contribution in [3.8, 4) is 0 Å². The van der Waals surface area contributed by atoms with Crippen LogP contribution < -0.4 is 15.4 Å². The van der Waals surface area contributed by atoms with Crippen LogP contribution in [0.15, 0.2) is 0 Å². The normalized spacial score (nSPS) is 19.1. The van der Waals surface area contributed by atoms with E-state index in [2.05, 4.69) is 15.4 Å². The van der Waals surface area contributed by atoms with Gasteiger partial charge in [-0.2, -0.15) is 11.8 Å². The minimum absolute atomic E-state index is 0. The molecule has 0 bridgehead atoms. The van der Waals surface area contributed by atoms with Gasteiger partial charge in [-0.25, -0.2) is 13.1 Å². The van der Waals surface area contributed by atoms with Crippen molar-refractivity contribution < 1.29 is 13.2 Å². The van der Waals surface area contributed by atoms with Crippen molar-refractivity contribution in [2.45, 2.75) is 25.8 Å². The predicted octanol–water partition coefficient (Wildman–Crippen LogP) is -0.0511. The molecular weight excluding hydrogens is 322 g/mol. The lowest BCUT2D eigenvalue weighted by atomic mass is 10.2. The van der Waals surface area contributed by atoms with Crippen LogP contribution in [-0.4, -0.2) is 57.3 Å². The van der Waals surface area contributed by atoms with Crippen molar-refractivity contribution in [3.05, 3.63) is 0 Å². The minimum atomic E-state index is -3.12. The molecule has 1 aliphatic heterocycles. The first-order valence-electron chi connectivity index (χ1n) is 6.58. The molecule has 1 unspecified atom stereocenters. The zero-order valence-electron chi connectivity index (χ0n) is 11.7. The van der Waals surface area contributed by atoms with Crippen LogP contribution in [0.1, 0.15) is 19.8 Å². The maximum Gasteiger partial charge on any atom is 0.221 e. The Kier molecular flexibility index (Phi) is 10.7. The van der Waals surface area contributed by atoms with Crippen LogP contribution in [-0.2, 0) is 14.8 Å². The zero-order chi connectivity index (χ0) is 14.1. The number of amides is 1. The Morgan fingerprint density at radius 2 is 2.15 bits per heavy atom. The molecule has 20 heavy (non-hydrogen) atoms. The van der Waals surface area contributed by atoms with E-state index >= 15 is 0 Å². The first-order valence-corrected chi connectivity index (χ1v) is 9.39. The molecule has 0 spiro atoms. The Bertz CT molecular complexity index is 373. The van der Waals surface area contributed by atoms with Gasteiger partial charge in [-0.1, -0.05) is 0 Å².